The lowest BCUT2D eigenvalue weighted by Crippen LogP contribution is -2.38. The van der Waals surface area contributed by atoms with Crippen molar-refractivity contribution in [2.45, 2.75) is 38.5 Å². The highest BCUT2D eigenvalue weighted by Crippen LogP contribution is 2.76. The first-order chi connectivity index (χ1) is 16.1. The second-order valence-electron chi connectivity index (χ2n) is 10.1. The highest BCUT2D eigenvalue weighted by molar-refractivity contribution is 5.78. The van der Waals surface area contributed by atoms with Crippen molar-refractivity contribution < 1.29 is 32.3 Å². The number of nitrogens with zero attached hydrogens (tertiary/aromatic N) is 3. The summed E-state index contributed by atoms with van der Waals surface area (Å²) >= 11 is 0. The van der Waals surface area contributed by atoms with E-state index in [4.69, 9.17) is 0 Å². The molecule has 7 rings (SSSR count). The van der Waals surface area contributed by atoms with Gasteiger partial charge in [-0.1, -0.05) is 12.1 Å². The molecule has 4 unspecified atom stereocenters. The van der Waals surface area contributed by atoms with Crippen LogP contribution in [0.5, 0.6) is 0 Å². The second kappa shape index (κ2) is 7.29. The van der Waals surface area contributed by atoms with E-state index >= 15 is 0 Å². The van der Waals surface area contributed by atoms with E-state index in [1.54, 1.807) is 4.90 Å². The average molecular weight is 477 g/mol. The number of aliphatic carboxylic acids is 1. The Morgan fingerprint density at radius 1 is 1.12 bits per heavy atom. The van der Waals surface area contributed by atoms with Crippen LogP contribution in [0.2, 0.25) is 0 Å². The lowest BCUT2D eigenvalue weighted by atomic mass is 9.88. The molecule has 4 aliphatic carbocycles. The summed E-state index contributed by atoms with van der Waals surface area (Å²) < 4.78 is 55.5. The highest BCUT2D eigenvalue weighted by Gasteiger charge is 2.75. The number of carbonyl (C=O) groups excluding carboxylic acids is 1. The molecule has 6 atom stereocenters. The van der Waals surface area contributed by atoms with Gasteiger partial charge in [0.25, 0.3) is 0 Å². The number of hydrogen-bond donors (Lipinski definition) is 1. The van der Waals surface area contributed by atoms with E-state index < -0.39 is 23.7 Å². The van der Waals surface area contributed by atoms with Gasteiger partial charge < -0.3 is 10.0 Å². The normalized spacial score (nSPS) is 31.0. The Kier molecular flexibility index (Phi) is 4.64. The molecule has 4 fully saturated rings. The summed E-state index contributed by atoms with van der Waals surface area (Å²) in [5.41, 5.74) is 0.127. The van der Waals surface area contributed by atoms with E-state index in [1.807, 2.05) is 0 Å². The molecule has 180 valence electrons. The van der Waals surface area contributed by atoms with Crippen LogP contribution < -0.4 is 0 Å². The number of carboxylic acid groups (broad SMARTS) is 1. The second-order valence-corrected chi connectivity index (χ2v) is 10.1. The fraction of sp³-hybridized carbons (Fsp3) is 0.542. The molecular formula is C24H23F4N3O3. The number of amides is 1. The Morgan fingerprint density at radius 2 is 1.85 bits per heavy atom. The number of hydrogen-bond acceptors (Lipinski definition) is 3. The Balaban J connectivity index is 1.22. The van der Waals surface area contributed by atoms with Crippen molar-refractivity contribution in [1.82, 2.24) is 14.7 Å². The van der Waals surface area contributed by atoms with Gasteiger partial charge in [-0.2, -0.15) is 18.3 Å². The third kappa shape index (κ3) is 3.25. The molecule has 2 heterocycles. The summed E-state index contributed by atoms with van der Waals surface area (Å²) in [5, 5.41) is 13.4. The lowest BCUT2D eigenvalue weighted by molar-refractivity contribution is -0.144. The number of rotatable bonds is 5. The Bertz CT molecular complexity index is 1180. The molecule has 34 heavy (non-hydrogen) atoms. The van der Waals surface area contributed by atoms with Gasteiger partial charge in [-0.15, -0.1) is 0 Å². The molecule has 6 nitrogen and oxygen atoms in total. The number of aromatic nitrogens is 2. The van der Waals surface area contributed by atoms with E-state index in [0.29, 0.717) is 23.1 Å². The molecule has 1 aliphatic heterocycles. The van der Waals surface area contributed by atoms with Gasteiger partial charge in [0.2, 0.25) is 5.91 Å². The SMILES string of the molecule is O=C(O)[C@H]1C2C3C[C@@H]1C(CC(=O)N1CCc4c(C(F)(F)F)nn(Cc5ccc(F)cc5)c4C1)C32. The molecule has 1 N–H and O–H groups in total. The molecule has 0 radical (unpaired) electrons. The van der Waals surface area contributed by atoms with Crippen LogP contribution in [0.4, 0.5) is 17.6 Å². The summed E-state index contributed by atoms with van der Waals surface area (Å²) in [6, 6.07) is 5.49. The van der Waals surface area contributed by atoms with Gasteiger partial charge in [-0.3, -0.25) is 14.3 Å². The number of benzene rings is 1. The van der Waals surface area contributed by atoms with Gasteiger partial charge in [0, 0.05) is 18.5 Å². The fourth-order valence-corrected chi connectivity index (χ4v) is 7.10. The first-order valence-corrected chi connectivity index (χ1v) is 11.5. The zero-order chi connectivity index (χ0) is 23.9. The predicted molar refractivity (Wildman–Crippen MR) is 110 cm³/mol. The molecule has 4 bridgehead atoms. The topological polar surface area (TPSA) is 75.4 Å². The first-order valence-electron chi connectivity index (χ1n) is 11.5. The van der Waals surface area contributed by atoms with E-state index in [1.165, 1.54) is 28.9 Å². The maximum atomic E-state index is 13.7. The minimum atomic E-state index is -4.61. The molecule has 10 heteroatoms. The fourth-order valence-electron chi connectivity index (χ4n) is 7.10. The molecule has 0 saturated heterocycles. The van der Waals surface area contributed by atoms with Crippen molar-refractivity contribution in [2.75, 3.05) is 6.54 Å². The summed E-state index contributed by atoms with van der Waals surface area (Å²) in [6.45, 7) is 0.237. The number of carboxylic acids is 1. The van der Waals surface area contributed by atoms with Crippen molar-refractivity contribution in [3.63, 3.8) is 0 Å². The van der Waals surface area contributed by atoms with Crippen LogP contribution in [0.3, 0.4) is 0 Å². The maximum absolute atomic E-state index is 13.7. The quantitative estimate of drug-likeness (QED) is 0.669. The molecule has 5 aliphatic rings. The van der Waals surface area contributed by atoms with Crippen LogP contribution in [-0.4, -0.2) is 38.2 Å². The molecular weight excluding hydrogens is 454 g/mol. The van der Waals surface area contributed by atoms with Crippen LogP contribution >= 0.6 is 0 Å². The molecule has 1 amide bonds. The van der Waals surface area contributed by atoms with Crippen LogP contribution in [0, 0.1) is 41.3 Å². The van der Waals surface area contributed by atoms with E-state index in [0.717, 1.165) is 6.42 Å². The Hall–Kier alpha value is -2.91. The van der Waals surface area contributed by atoms with Crippen molar-refractivity contribution >= 4 is 11.9 Å². The number of fused-ring (bicyclic) bond motifs is 1. The van der Waals surface area contributed by atoms with Gasteiger partial charge in [0.1, 0.15) is 5.82 Å². The first kappa shape index (κ1) is 21.6. The molecule has 2 aromatic rings. The monoisotopic (exact) mass is 477 g/mol. The maximum Gasteiger partial charge on any atom is 0.435 e. The lowest BCUT2D eigenvalue weighted by Gasteiger charge is -2.30. The van der Waals surface area contributed by atoms with E-state index in [2.05, 4.69) is 5.10 Å². The third-order valence-electron chi connectivity index (χ3n) is 8.46. The summed E-state index contributed by atoms with van der Waals surface area (Å²) in [7, 11) is 0. The van der Waals surface area contributed by atoms with Gasteiger partial charge >= 0.3 is 12.1 Å². The molecule has 1 aromatic carbocycles. The standard InChI is InChI=1S/C24H23F4N3O3/c25-12-3-1-11(2-4-12)9-31-17-10-30(6-5-13(17)22(29-31)24(26,27)28)18(32)8-15-14-7-16-19(15)20(16)21(14)23(33)34/h1-4,14-16,19-21H,5-10H2,(H,33,34)/t14-,15?,16?,19?,20?,21-/m1/s1. The number of carbonyl (C=O) groups is 2. The number of alkyl halides is 3. The third-order valence-corrected chi connectivity index (χ3v) is 8.46. The van der Waals surface area contributed by atoms with Gasteiger partial charge in [0.15, 0.2) is 5.69 Å². The van der Waals surface area contributed by atoms with Crippen LogP contribution in [-0.2, 0) is 35.3 Å². The Morgan fingerprint density at radius 3 is 2.47 bits per heavy atom. The zero-order valence-electron chi connectivity index (χ0n) is 18.1. The van der Waals surface area contributed by atoms with Crippen molar-refractivity contribution in [3.05, 3.63) is 52.6 Å². The van der Waals surface area contributed by atoms with Crippen molar-refractivity contribution in [1.29, 1.82) is 0 Å². The number of halogens is 4. The minimum absolute atomic E-state index is 0.0235. The van der Waals surface area contributed by atoms with Gasteiger partial charge in [-0.05, 0) is 60.1 Å². The van der Waals surface area contributed by atoms with Crippen molar-refractivity contribution in [3.8, 4) is 0 Å². The highest BCUT2D eigenvalue weighted by atomic mass is 19.4. The summed E-state index contributed by atoms with van der Waals surface area (Å²) in [6.07, 6.45) is -3.44. The van der Waals surface area contributed by atoms with Gasteiger partial charge in [0.05, 0.1) is 24.7 Å². The zero-order valence-corrected chi connectivity index (χ0v) is 18.1. The van der Waals surface area contributed by atoms with Gasteiger partial charge in [-0.25, -0.2) is 4.39 Å². The molecule has 0 spiro atoms. The predicted octanol–water partition coefficient (Wildman–Crippen LogP) is 3.58. The summed E-state index contributed by atoms with van der Waals surface area (Å²) in [5.74, 6) is -0.705. The molecule has 1 aromatic heterocycles. The van der Waals surface area contributed by atoms with Crippen LogP contribution in [0.15, 0.2) is 24.3 Å². The minimum Gasteiger partial charge on any atom is -0.481 e. The van der Waals surface area contributed by atoms with Crippen molar-refractivity contribution in [2.24, 2.45) is 35.5 Å². The van der Waals surface area contributed by atoms with E-state index in [-0.39, 0.29) is 67.6 Å². The molecule has 4 saturated carbocycles. The van der Waals surface area contributed by atoms with Crippen LogP contribution in [0.1, 0.15) is 35.4 Å². The largest absolute Gasteiger partial charge is 0.481 e. The Labute approximate surface area is 192 Å². The average Bonchev–Trinajstić information content (AvgIpc) is 3.14. The smallest absolute Gasteiger partial charge is 0.435 e. The van der Waals surface area contributed by atoms with Crippen LogP contribution in [0.25, 0.3) is 0 Å². The summed E-state index contributed by atoms with van der Waals surface area (Å²) in [4.78, 5) is 26.4. The van der Waals surface area contributed by atoms with E-state index in [9.17, 15) is 32.3 Å².